The SMILES string of the molecule is COc1cc(N)cc(NC(CO)(CO)CO)c1. The minimum Gasteiger partial charge on any atom is -0.497 e. The van der Waals surface area contributed by atoms with E-state index in [1.807, 2.05) is 0 Å². The number of hydrogen-bond donors (Lipinski definition) is 5. The second kappa shape index (κ2) is 5.72. The van der Waals surface area contributed by atoms with Gasteiger partial charge in [0.2, 0.25) is 0 Å². The number of rotatable bonds is 6. The van der Waals surface area contributed by atoms with Crippen LogP contribution in [0.4, 0.5) is 11.4 Å². The van der Waals surface area contributed by atoms with Crippen molar-refractivity contribution in [2.24, 2.45) is 0 Å². The Bertz CT molecular complexity index is 358. The zero-order valence-electron chi connectivity index (χ0n) is 9.68. The Morgan fingerprint density at radius 2 is 1.76 bits per heavy atom. The molecule has 0 unspecified atom stereocenters. The summed E-state index contributed by atoms with van der Waals surface area (Å²) in [6.07, 6.45) is 0. The Labute approximate surface area is 99.6 Å². The van der Waals surface area contributed by atoms with Crippen LogP contribution < -0.4 is 15.8 Å². The molecule has 96 valence electrons. The molecular formula is C11H18N2O4. The van der Waals surface area contributed by atoms with Crippen LogP contribution in [-0.4, -0.2) is 47.8 Å². The monoisotopic (exact) mass is 242 g/mol. The summed E-state index contributed by atoms with van der Waals surface area (Å²) in [4.78, 5) is 0. The number of aliphatic hydroxyl groups is 3. The van der Waals surface area contributed by atoms with Crippen LogP contribution >= 0.6 is 0 Å². The molecule has 0 radical (unpaired) electrons. The van der Waals surface area contributed by atoms with Gasteiger partial charge in [0.1, 0.15) is 11.3 Å². The lowest BCUT2D eigenvalue weighted by atomic mass is 10.0. The van der Waals surface area contributed by atoms with Crippen LogP contribution in [0.25, 0.3) is 0 Å². The van der Waals surface area contributed by atoms with E-state index in [1.165, 1.54) is 7.11 Å². The van der Waals surface area contributed by atoms with Gasteiger partial charge in [0.25, 0.3) is 0 Å². The molecule has 0 aliphatic rings. The number of ether oxygens (including phenoxy) is 1. The van der Waals surface area contributed by atoms with Crippen molar-refractivity contribution in [3.8, 4) is 5.75 Å². The zero-order chi connectivity index (χ0) is 12.9. The van der Waals surface area contributed by atoms with Crippen LogP contribution in [-0.2, 0) is 0 Å². The molecule has 0 aliphatic heterocycles. The molecule has 6 nitrogen and oxygen atoms in total. The number of benzene rings is 1. The normalized spacial score (nSPS) is 11.3. The van der Waals surface area contributed by atoms with Crippen molar-refractivity contribution in [3.63, 3.8) is 0 Å². The Morgan fingerprint density at radius 1 is 1.18 bits per heavy atom. The average molecular weight is 242 g/mol. The number of nitrogen functional groups attached to an aromatic ring is 1. The van der Waals surface area contributed by atoms with Crippen molar-refractivity contribution in [1.29, 1.82) is 0 Å². The Morgan fingerprint density at radius 3 is 2.24 bits per heavy atom. The molecule has 0 aliphatic carbocycles. The summed E-state index contributed by atoms with van der Waals surface area (Å²) < 4.78 is 5.04. The summed E-state index contributed by atoms with van der Waals surface area (Å²) in [5.41, 5.74) is 5.52. The molecule has 1 rings (SSSR count). The second-order valence-electron chi connectivity index (χ2n) is 3.87. The molecule has 0 saturated heterocycles. The van der Waals surface area contributed by atoms with Crippen LogP contribution in [0.15, 0.2) is 18.2 Å². The number of hydrogen-bond acceptors (Lipinski definition) is 6. The van der Waals surface area contributed by atoms with Crippen molar-refractivity contribution in [2.45, 2.75) is 5.54 Å². The Balaban J connectivity index is 2.96. The van der Waals surface area contributed by atoms with Crippen molar-refractivity contribution in [3.05, 3.63) is 18.2 Å². The topological polar surface area (TPSA) is 108 Å². The highest BCUT2D eigenvalue weighted by atomic mass is 16.5. The first-order valence-electron chi connectivity index (χ1n) is 5.14. The molecular weight excluding hydrogens is 224 g/mol. The summed E-state index contributed by atoms with van der Waals surface area (Å²) in [7, 11) is 1.51. The van der Waals surface area contributed by atoms with Gasteiger partial charge in [0, 0.05) is 23.5 Å². The fourth-order valence-corrected chi connectivity index (χ4v) is 1.39. The number of nitrogens with two attached hydrogens (primary N) is 1. The van der Waals surface area contributed by atoms with E-state index in [-0.39, 0.29) is 0 Å². The maximum atomic E-state index is 9.19. The quantitative estimate of drug-likeness (QED) is 0.427. The number of nitrogens with one attached hydrogen (secondary N) is 1. The first-order chi connectivity index (χ1) is 8.09. The number of methoxy groups -OCH3 is 1. The molecule has 1 aromatic rings. The van der Waals surface area contributed by atoms with Gasteiger partial charge >= 0.3 is 0 Å². The van der Waals surface area contributed by atoms with E-state index in [0.29, 0.717) is 17.1 Å². The standard InChI is InChI=1S/C11H18N2O4/c1-17-10-3-8(12)2-9(4-10)13-11(5-14,6-15)7-16/h2-4,13-16H,5-7,12H2,1H3. The maximum absolute atomic E-state index is 9.19. The second-order valence-corrected chi connectivity index (χ2v) is 3.87. The summed E-state index contributed by atoms with van der Waals surface area (Å²) in [5.74, 6) is 0.551. The van der Waals surface area contributed by atoms with Gasteiger partial charge in [-0.25, -0.2) is 0 Å². The third kappa shape index (κ3) is 3.23. The molecule has 1 aromatic carbocycles. The van der Waals surface area contributed by atoms with Gasteiger partial charge < -0.3 is 31.1 Å². The minimum atomic E-state index is -1.18. The molecule has 0 heterocycles. The lowest BCUT2D eigenvalue weighted by molar-refractivity contribution is 0.0833. The fraction of sp³-hybridized carbons (Fsp3) is 0.455. The highest BCUT2D eigenvalue weighted by Gasteiger charge is 2.27. The predicted molar refractivity (Wildman–Crippen MR) is 65.0 cm³/mol. The summed E-state index contributed by atoms with van der Waals surface area (Å²) in [5, 5.41) is 30.4. The lowest BCUT2D eigenvalue weighted by Crippen LogP contribution is -2.49. The molecule has 0 aromatic heterocycles. The number of anilines is 2. The minimum absolute atomic E-state index is 0.406. The van der Waals surface area contributed by atoms with E-state index in [2.05, 4.69) is 5.32 Å². The van der Waals surface area contributed by atoms with E-state index >= 15 is 0 Å². The van der Waals surface area contributed by atoms with Crippen LogP contribution in [0.3, 0.4) is 0 Å². The van der Waals surface area contributed by atoms with Gasteiger partial charge in [-0.3, -0.25) is 0 Å². The van der Waals surface area contributed by atoms with Crippen LogP contribution in [0.1, 0.15) is 0 Å². The van der Waals surface area contributed by atoms with Gasteiger partial charge in [-0.15, -0.1) is 0 Å². The molecule has 0 amide bonds. The third-order valence-electron chi connectivity index (χ3n) is 2.48. The van der Waals surface area contributed by atoms with Crippen LogP contribution in [0, 0.1) is 0 Å². The van der Waals surface area contributed by atoms with Gasteiger partial charge in [0.15, 0.2) is 0 Å². The van der Waals surface area contributed by atoms with Crippen molar-refractivity contribution >= 4 is 11.4 Å². The Kier molecular flexibility index (Phi) is 4.56. The summed E-state index contributed by atoms with van der Waals surface area (Å²) in [6, 6.07) is 4.92. The fourth-order valence-electron chi connectivity index (χ4n) is 1.39. The van der Waals surface area contributed by atoms with E-state index in [1.54, 1.807) is 18.2 Å². The predicted octanol–water partition coefficient (Wildman–Crippen LogP) is -0.595. The molecule has 6 N–H and O–H groups in total. The van der Waals surface area contributed by atoms with Gasteiger partial charge in [-0.2, -0.15) is 0 Å². The first kappa shape index (κ1) is 13.6. The smallest absolute Gasteiger partial charge is 0.122 e. The first-order valence-corrected chi connectivity index (χ1v) is 5.14. The summed E-state index contributed by atoms with van der Waals surface area (Å²) in [6.45, 7) is -1.22. The average Bonchev–Trinajstić information content (AvgIpc) is 2.35. The largest absolute Gasteiger partial charge is 0.497 e. The lowest BCUT2D eigenvalue weighted by Gasteiger charge is -2.30. The van der Waals surface area contributed by atoms with Crippen molar-refractivity contribution < 1.29 is 20.1 Å². The molecule has 0 bridgehead atoms. The van der Waals surface area contributed by atoms with E-state index in [0.717, 1.165) is 0 Å². The van der Waals surface area contributed by atoms with Crippen LogP contribution in [0.2, 0.25) is 0 Å². The van der Waals surface area contributed by atoms with Crippen molar-refractivity contribution in [2.75, 3.05) is 38.0 Å². The molecule has 0 spiro atoms. The molecule has 0 fully saturated rings. The third-order valence-corrected chi connectivity index (χ3v) is 2.48. The molecule has 0 atom stereocenters. The van der Waals surface area contributed by atoms with E-state index in [4.69, 9.17) is 10.5 Å². The Hall–Kier alpha value is -1.50. The zero-order valence-corrected chi connectivity index (χ0v) is 9.68. The van der Waals surface area contributed by atoms with Gasteiger partial charge in [0.05, 0.1) is 26.9 Å². The molecule has 0 saturated carbocycles. The highest BCUT2D eigenvalue weighted by Crippen LogP contribution is 2.24. The summed E-state index contributed by atoms with van der Waals surface area (Å²) >= 11 is 0. The number of aliphatic hydroxyl groups excluding tert-OH is 3. The molecule has 17 heavy (non-hydrogen) atoms. The molecule has 6 heteroatoms. The van der Waals surface area contributed by atoms with Gasteiger partial charge in [-0.1, -0.05) is 0 Å². The van der Waals surface area contributed by atoms with E-state index in [9.17, 15) is 15.3 Å². The van der Waals surface area contributed by atoms with Gasteiger partial charge in [-0.05, 0) is 6.07 Å². The van der Waals surface area contributed by atoms with Crippen LogP contribution in [0.5, 0.6) is 5.75 Å². The maximum Gasteiger partial charge on any atom is 0.122 e. The van der Waals surface area contributed by atoms with E-state index < -0.39 is 25.4 Å². The highest BCUT2D eigenvalue weighted by molar-refractivity contribution is 5.60. The van der Waals surface area contributed by atoms with Crippen molar-refractivity contribution in [1.82, 2.24) is 0 Å².